The molecule has 0 fully saturated rings. The summed E-state index contributed by atoms with van der Waals surface area (Å²) in [7, 11) is 0. The van der Waals surface area contributed by atoms with Crippen LogP contribution in [0.3, 0.4) is 0 Å². The zero-order chi connectivity index (χ0) is 9.84. The Morgan fingerprint density at radius 1 is 1.62 bits per heavy atom. The van der Waals surface area contributed by atoms with Gasteiger partial charge in [-0.1, -0.05) is 6.08 Å². The molecule has 1 N–H and O–H groups in total. The van der Waals surface area contributed by atoms with Gasteiger partial charge >= 0.3 is 0 Å². The standard InChI is InChI=1S/C11H17NO/c1-5-6-12-9(3)11-7-8(2)13-10(11)4/h5,7,9,12H,1,6H2,2-4H3. The maximum absolute atomic E-state index is 5.45. The van der Waals surface area contributed by atoms with E-state index in [0.717, 1.165) is 18.1 Å². The molecule has 0 saturated heterocycles. The molecule has 0 aliphatic rings. The topological polar surface area (TPSA) is 25.2 Å². The lowest BCUT2D eigenvalue weighted by Crippen LogP contribution is -2.18. The van der Waals surface area contributed by atoms with E-state index in [-0.39, 0.29) is 0 Å². The molecule has 0 aromatic carbocycles. The Morgan fingerprint density at radius 2 is 2.31 bits per heavy atom. The third-order valence-corrected chi connectivity index (χ3v) is 2.11. The van der Waals surface area contributed by atoms with Gasteiger partial charge in [-0.3, -0.25) is 0 Å². The minimum Gasteiger partial charge on any atom is -0.466 e. The van der Waals surface area contributed by atoms with Gasteiger partial charge in [-0.25, -0.2) is 0 Å². The smallest absolute Gasteiger partial charge is 0.105 e. The highest BCUT2D eigenvalue weighted by atomic mass is 16.3. The van der Waals surface area contributed by atoms with E-state index in [2.05, 4.69) is 24.9 Å². The molecule has 0 spiro atoms. The Morgan fingerprint density at radius 3 is 2.77 bits per heavy atom. The second kappa shape index (κ2) is 4.28. The van der Waals surface area contributed by atoms with Crippen LogP contribution in [0.25, 0.3) is 0 Å². The zero-order valence-corrected chi connectivity index (χ0v) is 8.55. The molecule has 0 aliphatic carbocycles. The molecule has 0 radical (unpaired) electrons. The van der Waals surface area contributed by atoms with Crippen LogP contribution in [0, 0.1) is 13.8 Å². The van der Waals surface area contributed by atoms with Crippen LogP contribution < -0.4 is 5.32 Å². The first-order valence-electron chi connectivity index (χ1n) is 4.56. The van der Waals surface area contributed by atoms with Crippen LogP contribution in [-0.4, -0.2) is 6.54 Å². The summed E-state index contributed by atoms with van der Waals surface area (Å²) in [5.41, 5.74) is 1.24. The van der Waals surface area contributed by atoms with Crippen LogP contribution in [0.5, 0.6) is 0 Å². The Balaban J connectivity index is 2.69. The quantitative estimate of drug-likeness (QED) is 0.719. The lowest BCUT2D eigenvalue weighted by Gasteiger charge is -2.10. The lowest BCUT2D eigenvalue weighted by atomic mass is 10.1. The molecular weight excluding hydrogens is 162 g/mol. The van der Waals surface area contributed by atoms with Gasteiger partial charge in [0.25, 0.3) is 0 Å². The van der Waals surface area contributed by atoms with Crippen molar-refractivity contribution in [3.05, 3.63) is 35.8 Å². The summed E-state index contributed by atoms with van der Waals surface area (Å²) in [6.07, 6.45) is 1.86. The number of hydrogen-bond acceptors (Lipinski definition) is 2. The second-order valence-corrected chi connectivity index (χ2v) is 3.29. The van der Waals surface area contributed by atoms with Crippen LogP contribution in [0.2, 0.25) is 0 Å². The lowest BCUT2D eigenvalue weighted by molar-refractivity contribution is 0.493. The summed E-state index contributed by atoms with van der Waals surface area (Å²) in [5, 5.41) is 3.32. The van der Waals surface area contributed by atoms with Crippen molar-refractivity contribution in [2.75, 3.05) is 6.54 Å². The van der Waals surface area contributed by atoms with Gasteiger partial charge in [0.15, 0.2) is 0 Å². The molecule has 0 aliphatic heterocycles. The predicted octanol–water partition coefficient (Wildman–Crippen LogP) is 2.73. The maximum Gasteiger partial charge on any atom is 0.105 e. The fraction of sp³-hybridized carbons (Fsp3) is 0.455. The first-order chi connectivity index (χ1) is 6.15. The molecule has 13 heavy (non-hydrogen) atoms. The largest absolute Gasteiger partial charge is 0.466 e. The van der Waals surface area contributed by atoms with Crippen LogP contribution in [0.15, 0.2) is 23.1 Å². The van der Waals surface area contributed by atoms with Crippen molar-refractivity contribution in [3.8, 4) is 0 Å². The van der Waals surface area contributed by atoms with Crippen LogP contribution in [-0.2, 0) is 0 Å². The number of nitrogens with one attached hydrogen (secondary N) is 1. The molecule has 1 aromatic heterocycles. The van der Waals surface area contributed by atoms with E-state index in [4.69, 9.17) is 4.42 Å². The fourth-order valence-corrected chi connectivity index (χ4v) is 1.45. The SMILES string of the molecule is C=CCNC(C)c1cc(C)oc1C. The Hall–Kier alpha value is -1.02. The molecule has 0 amide bonds. The first kappa shape index (κ1) is 10.1. The summed E-state index contributed by atoms with van der Waals surface area (Å²) >= 11 is 0. The summed E-state index contributed by atoms with van der Waals surface area (Å²) < 4.78 is 5.45. The van der Waals surface area contributed by atoms with Crippen LogP contribution in [0.1, 0.15) is 30.0 Å². The summed E-state index contributed by atoms with van der Waals surface area (Å²) in [4.78, 5) is 0. The maximum atomic E-state index is 5.45. The second-order valence-electron chi connectivity index (χ2n) is 3.29. The molecule has 1 atom stereocenters. The highest BCUT2D eigenvalue weighted by molar-refractivity contribution is 5.23. The average molecular weight is 179 g/mol. The average Bonchev–Trinajstić information content (AvgIpc) is 2.41. The van der Waals surface area contributed by atoms with E-state index in [9.17, 15) is 0 Å². The molecule has 1 aromatic rings. The van der Waals surface area contributed by atoms with E-state index in [1.54, 1.807) is 0 Å². The summed E-state index contributed by atoms with van der Waals surface area (Å²) in [5.74, 6) is 1.97. The van der Waals surface area contributed by atoms with Gasteiger partial charge in [-0.2, -0.15) is 0 Å². The van der Waals surface area contributed by atoms with Gasteiger partial charge in [0.2, 0.25) is 0 Å². The van der Waals surface area contributed by atoms with Crippen molar-refractivity contribution < 1.29 is 4.42 Å². The fourth-order valence-electron chi connectivity index (χ4n) is 1.45. The Kier molecular flexibility index (Phi) is 3.32. The van der Waals surface area contributed by atoms with Gasteiger partial charge in [0, 0.05) is 18.2 Å². The number of furan rings is 1. The minimum atomic E-state index is 0.329. The van der Waals surface area contributed by atoms with Crippen LogP contribution in [0.4, 0.5) is 0 Å². The molecule has 0 bridgehead atoms. The molecule has 1 heterocycles. The minimum absolute atomic E-state index is 0.329. The van der Waals surface area contributed by atoms with Crippen LogP contribution >= 0.6 is 0 Å². The monoisotopic (exact) mass is 179 g/mol. The molecule has 2 nitrogen and oxygen atoms in total. The van der Waals surface area contributed by atoms with Crippen molar-refractivity contribution in [2.24, 2.45) is 0 Å². The van der Waals surface area contributed by atoms with Crippen molar-refractivity contribution in [1.82, 2.24) is 5.32 Å². The number of hydrogen-bond donors (Lipinski definition) is 1. The highest BCUT2D eigenvalue weighted by Crippen LogP contribution is 2.20. The first-order valence-corrected chi connectivity index (χ1v) is 4.56. The van der Waals surface area contributed by atoms with Gasteiger partial charge in [-0.15, -0.1) is 6.58 Å². The molecule has 1 rings (SSSR count). The van der Waals surface area contributed by atoms with E-state index < -0.39 is 0 Å². The third kappa shape index (κ3) is 2.46. The van der Waals surface area contributed by atoms with E-state index in [1.165, 1.54) is 5.56 Å². The zero-order valence-electron chi connectivity index (χ0n) is 8.55. The normalized spacial score (nSPS) is 12.8. The number of aryl methyl sites for hydroxylation is 2. The molecular formula is C11H17NO. The van der Waals surface area contributed by atoms with Crippen molar-refractivity contribution >= 4 is 0 Å². The summed E-state index contributed by atoms with van der Waals surface area (Å²) in [6.45, 7) is 10.6. The number of rotatable bonds is 4. The van der Waals surface area contributed by atoms with E-state index >= 15 is 0 Å². The van der Waals surface area contributed by atoms with Gasteiger partial charge < -0.3 is 9.73 Å². The summed E-state index contributed by atoms with van der Waals surface area (Å²) in [6, 6.07) is 2.41. The van der Waals surface area contributed by atoms with Crippen molar-refractivity contribution in [3.63, 3.8) is 0 Å². The van der Waals surface area contributed by atoms with Gasteiger partial charge in [0.05, 0.1) is 0 Å². The third-order valence-electron chi connectivity index (χ3n) is 2.11. The van der Waals surface area contributed by atoms with E-state index in [0.29, 0.717) is 6.04 Å². The predicted molar refractivity (Wildman–Crippen MR) is 54.8 cm³/mol. The van der Waals surface area contributed by atoms with E-state index in [1.807, 2.05) is 19.9 Å². The Labute approximate surface area is 79.6 Å². The highest BCUT2D eigenvalue weighted by Gasteiger charge is 2.10. The van der Waals surface area contributed by atoms with Gasteiger partial charge in [0.1, 0.15) is 11.5 Å². The molecule has 2 heteroatoms. The Bertz CT molecular complexity index is 288. The van der Waals surface area contributed by atoms with Crippen molar-refractivity contribution in [1.29, 1.82) is 0 Å². The molecule has 72 valence electrons. The molecule has 0 saturated carbocycles. The van der Waals surface area contributed by atoms with Gasteiger partial charge in [-0.05, 0) is 26.8 Å². The molecule has 1 unspecified atom stereocenters. The van der Waals surface area contributed by atoms with Crippen molar-refractivity contribution in [2.45, 2.75) is 26.8 Å².